The molecule has 1 heterocycles. The van der Waals surface area contributed by atoms with Crippen LogP contribution in [0, 0.1) is 23.7 Å². The third kappa shape index (κ3) is 17.5. The molecule has 0 spiro atoms. The molecule has 78 heavy (non-hydrogen) atoms. The lowest BCUT2D eigenvalue weighted by molar-refractivity contribution is -0.167. The zero-order chi connectivity index (χ0) is 56.2. The first kappa shape index (κ1) is 61.3. The zero-order valence-corrected chi connectivity index (χ0v) is 45.8. The van der Waals surface area contributed by atoms with Crippen molar-refractivity contribution in [3.8, 4) is 11.5 Å². The van der Waals surface area contributed by atoms with E-state index in [0.29, 0.717) is 126 Å². The van der Waals surface area contributed by atoms with E-state index in [1.807, 2.05) is 23.1 Å². The van der Waals surface area contributed by atoms with Crippen molar-refractivity contribution in [1.82, 2.24) is 30.2 Å². The Bertz CT molecular complexity index is 2340. The van der Waals surface area contributed by atoms with Gasteiger partial charge in [0.15, 0.2) is 0 Å². The first-order chi connectivity index (χ1) is 37.5. The maximum absolute atomic E-state index is 14.1. The molecule has 23 heteroatoms. The van der Waals surface area contributed by atoms with Crippen molar-refractivity contribution in [2.45, 2.75) is 57.4 Å². The Morgan fingerprint density at radius 1 is 0.718 bits per heavy atom. The van der Waals surface area contributed by atoms with Gasteiger partial charge >= 0.3 is 17.9 Å². The maximum Gasteiger partial charge on any atom is 0.330 e. The average molecular weight is 1090 g/mol. The fraction of sp³-hybridized carbons (Fsp3) is 0.636. The largest absolute Gasteiger partial charge is 0.496 e. The maximum atomic E-state index is 14.1. The minimum atomic E-state index is -1.38. The number of aliphatic hydroxyl groups excluding tert-OH is 1. The molecular formula is C55H83N9O14. The van der Waals surface area contributed by atoms with Gasteiger partial charge in [-0.2, -0.15) is 0 Å². The van der Waals surface area contributed by atoms with Gasteiger partial charge in [-0.15, -0.1) is 0 Å². The Balaban J connectivity index is 0.990. The number of carboxylic acids is 3. The predicted octanol–water partition coefficient (Wildman–Crippen LogP) is 2.10. The smallest absolute Gasteiger partial charge is 0.330 e. The van der Waals surface area contributed by atoms with E-state index < -0.39 is 36.1 Å². The number of ether oxygens (including phenoxy) is 5. The van der Waals surface area contributed by atoms with E-state index in [4.69, 9.17) is 39.5 Å². The van der Waals surface area contributed by atoms with Gasteiger partial charge in [0.1, 0.15) is 23.8 Å². The number of carbonyl (C=O) groups excluding carboxylic acids is 2. The summed E-state index contributed by atoms with van der Waals surface area (Å²) in [5, 5.41) is 48.1. The van der Waals surface area contributed by atoms with Gasteiger partial charge < -0.3 is 65.8 Å². The van der Waals surface area contributed by atoms with E-state index in [0.717, 1.165) is 43.4 Å². The van der Waals surface area contributed by atoms with Gasteiger partial charge in [0.2, 0.25) is 5.91 Å². The van der Waals surface area contributed by atoms with Crippen molar-refractivity contribution < 1.29 is 68.1 Å². The van der Waals surface area contributed by atoms with E-state index in [1.165, 1.54) is 20.3 Å². The minimum Gasteiger partial charge on any atom is -0.496 e. The lowest BCUT2D eigenvalue weighted by Gasteiger charge is -2.59. The molecule has 2 aromatic rings. The summed E-state index contributed by atoms with van der Waals surface area (Å²) in [5.74, 6) is -2.24. The molecular weight excluding hydrogens is 1010 g/mol. The Morgan fingerprint density at radius 3 is 1.77 bits per heavy atom. The summed E-state index contributed by atoms with van der Waals surface area (Å²) in [6.45, 7) is 9.77. The van der Waals surface area contributed by atoms with Crippen LogP contribution in [-0.4, -0.2) is 227 Å². The number of hydrogen-bond donors (Lipinski definition) is 8. The van der Waals surface area contributed by atoms with E-state index in [-0.39, 0.29) is 68.8 Å². The minimum absolute atomic E-state index is 0.0249. The topological polar surface area (TPSA) is 300 Å². The molecule has 7 rings (SSSR count). The average Bonchev–Trinajstić information content (AvgIpc) is 3.58. The lowest BCUT2D eigenvalue weighted by Crippen LogP contribution is -2.70. The van der Waals surface area contributed by atoms with Gasteiger partial charge in [-0.05, 0) is 104 Å². The molecule has 2 amide bonds. The molecule has 432 valence electrons. The molecule has 4 bridgehead atoms. The SMILES string of the molecule is COc1cccc(OC)c1C(C=C(N)C(=O)NC1(C(=O)O)C2CC3CC(C2)CC1C3)=Nc1ccc(NCCOCCOCCNC(=O)CN2CCN(CCOCO)CCN(CC(=O)O)CCN(CC(=O)O)CC2)cc1C(C)C. The molecule has 1 saturated heterocycles. The summed E-state index contributed by atoms with van der Waals surface area (Å²) in [4.78, 5) is 76.2. The fourth-order valence-electron chi connectivity index (χ4n) is 11.7. The van der Waals surface area contributed by atoms with Gasteiger partial charge in [0.05, 0.1) is 89.5 Å². The molecule has 4 aliphatic carbocycles. The summed E-state index contributed by atoms with van der Waals surface area (Å²) in [6.07, 6.45) is 5.72. The predicted molar refractivity (Wildman–Crippen MR) is 291 cm³/mol. The third-order valence-corrected chi connectivity index (χ3v) is 15.4. The summed E-state index contributed by atoms with van der Waals surface area (Å²) in [5.41, 5.74) is 8.18. The van der Waals surface area contributed by atoms with Gasteiger partial charge in [-0.3, -0.25) is 38.8 Å². The molecule has 0 radical (unpaired) electrons. The van der Waals surface area contributed by atoms with Crippen LogP contribution in [0.4, 0.5) is 11.4 Å². The summed E-state index contributed by atoms with van der Waals surface area (Å²) >= 11 is 0. The van der Waals surface area contributed by atoms with Gasteiger partial charge in [0.25, 0.3) is 5.91 Å². The number of aliphatic imine (C=N–C) groups is 1. The number of carbonyl (C=O) groups is 5. The highest BCUT2D eigenvalue weighted by Crippen LogP contribution is 2.58. The first-order valence-electron chi connectivity index (χ1n) is 27.2. The van der Waals surface area contributed by atoms with Gasteiger partial charge in [-0.25, -0.2) is 9.79 Å². The van der Waals surface area contributed by atoms with Crippen LogP contribution in [0.1, 0.15) is 63.0 Å². The van der Waals surface area contributed by atoms with Gasteiger partial charge in [-0.1, -0.05) is 19.9 Å². The van der Waals surface area contributed by atoms with E-state index in [2.05, 4.69) is 34.7 Å². The van der Waals surface area contributed by atoms with Crippen LogP contribution >= 0.6 is 0 Å². The van der Waals surface area contributed by atoms with Crippen molar-refractivity contribution in [3.05, 3.63) is 59.3 Å². The van der Waals surface area contributed by atoms with Crippen molar-refractivity contribution in [3.63, 3.8) is 0 Å². The van der Waals surface area contributed by atoms with E-state index in [9.17, 15) is 39.3 Å². The Labute approximate surface area is 457 Å². The number of nitrogens with zero attached hydrogens (tertiary/aromatic N) is 5. The Morgan fingerprint density at radius 2 is 1.26 bits per heavy atom. The van der Waals surface area contributed by atoms with Crippen molar-refractivity contribution in [1.29, 1.82) is 0 Å². The number of hydrogen-bond acceptors (Lipinski definition) is 18. The van der Waals surface area contributed by atoms with Crippen molar-refractivity contribution in [2.75, 3.05) is 151 Å². The zero-order valence-electron chi connectivity index (χ0n) is 45.8. The van der Waals surface area contributed by atoms with Crippen LogP contribution in [-0.2, 0) is 38.2 Å². The van der Waals surface area contributed by atoms with Crippen LogP contribution in [0.5, 0.6) is 11.5 Å². The number of nitrogens with two attached hydrogens (primary N) is 1. The first-order valence-corrected chi connectivity index (χ1v) is 27.2. The number of amides is 2. The monoisotopic (exact) mass is 1090 g/mol. The molecule has 2 aromatic carbocycles. The van der Waals surface area contributed by atoms with Gasteiger partial charge in [0, 0.05) is 77.7 Å². The van der Waals surface area contributed by atoms with Crippen molar-refractivity contribution >= 4 is 46.8 Å². The highest BCUT2D eigenvalue weighted by atomic mass is 16.6. The quantitative estimate of drug-likeness (QED) is 0.0250. The van der Waals surface area contributed by atoms with E-state index >= 15 is 0 Å². The van der Waals surface area contributed by atoms with Crippen LogP contribution in [0.3, 0.4) is 0 Å². The number of benzene rings is 2. The molecule has 1 aliphatic heterocycles. The highest BCUT2D eigenvalue weighted by Gasteiger charge is 2.62. The highest BCUT2D eigenvalue weighted by molar-refractivity contribution is 6.16. The lowest BCUT2D eigenvalue weighted by atomic mass is 9.48. The third-order valence-electron chi connectivity index (χ3n) is 15.4. The van der Waals surface area contributed by atoms with Crippen LogP contribution in [0.2, 0.25) is 0 Å². The van der Waals surface area contributed by atoms with Crippen LogP contribution in [0.15, 0.2) is 53.2 Å². The fourth-order valence-corrected chi connectivity index (χ4v) is 11.7. The second-order valence-electron chi connectivity index (χ2n) is 21.0. The second kappa shape index (κ2) is 30.4. The molecule has 0 atom stereocenters. The number of aliphatic hydroxyl groups is 1. The number of carboxylic acid groups (broad SMARTS) is 3. The molecule has 0 unspecified atom stereocenters. The molecule has 5 aliphatic rings. The number of nitrogens with one attached hydrogen (secondary N) is 3. The summed E-state index contributed by atoms with van der Waals surface area (Å²) in [7, 11) is 3.06. The second-order valence-corrected chi connectivity index (χ2v) is 21.0. The molecule has 5 fully saturated rings. The molecule has 4 saturated carbocycles. The normalized spacial score (nSPS) is 22.8. The van der Waals surface area contributed by atoms with E-state index in [1.54, 1.807) is 28.0 Å². The van der Waals surface area contributed by atoms with Crippen LogP contribution in [0.25, 0.3) is 0 Å². The number of methoxy groups -OCH3 is 2. The summed E-state index contributed by atoms with van der Waals surface area (Å²) < 4.78 is 28.2. The Hall–Kier alpha value is -5.92. The Kier molecular flexibility index (Phi) is 23.9. The molecule has 0 aromatic heterocycles. The van der Waals surface area contributed by atoms with Crippen LogP contribution < -0.4 is 31.2 Å². The molecule has 23 nitrogen and oxygen atoms in total. The molecule has 9 N–H and O–H groups in total. The number of allylic oxidation sites excluding steroid dienone is 1. The standard InChI is InChI=1S/C55H83N9O14/c1-37(2)43-31-42(8-9-45(43)59-46(52-47(74-3)6-5-7-48(52)75-4)32-44(56)53(71)60-55(54(72)73)40-27-38-26-39(29-40)30-41(55)28-38)57-10-21-76-24-25-77-22-11-58-49(66)33-62-14-12-61(20-23-78-36-65)13-15-63(34-50(67)68)18-19-64(17-16-62)35-51(69)70/h5-9,31-32,37-41,57,65H,10-30,33-36,56H2,1-4H3,(H,58,66)(H,60,71)(H,67,68)(H,69,70)(H,72,73). The number of anilines is 1. The summed E-state index contributed by atoms with van der Waals surface area (Å²) in [6, 6.07) is 11.1. The number of aliphatic carboxylic acids is 3. The number of rotatable bonds is 29. The van der Waals surface area contributed by atoms with Crippen molar-refractivity contribution in [2.24, 2.45) is 34.4 Å².